The van der Waals surface area contributed by atoms with Gasteiger partial charge >= 0.3 is 0 Å². The van der Waals surface area contributed by atoms with Gasteiger partial charge in [-0.05, 0) is 18.9 Å². The average molecular weight is 241 g/mol. The van der Waals surface area contributed by atoms with Crippen molar-refractivity contribution in [3.63, 3.8) is 0 Å². The zero-order chi connectivity index (χ0) is 12.7. The van der Waals surface area contributed by atoms with E-state index in [0.717, 1.165) is 4.57 Å². The molecule has 0 spiro atoms. The summed E-state index contributed by atoms with van der Waals surface area (Å²) in [5.74, 6) is -1.47. The highest BCUT2D eigenvalue weighted by Crippen LogP contribution is 2.32. The molecule has 1 fully saturated rings. The van der Waals surface area contributed by atoms with Crippen molar-refractivity contribution in [2.75, 3.05) is 0 Å². The van der Waals surface area contributed by atoms with Crippen LogP contribution < -0.4 is 10.8 Å². The van der Waals surface area contributed by atoms with Gasteiger partial charge in [-0.1, -0.05) is 0 Å². The van der Waals surface area contributed by atoms with Gasteiger partial charge in [0.1, 0.15) is 12.2 Å². The normalized spacial score (nSPS) is 32.9. The maximum Gasteiger partial charge on any atom is 0.249 e. The van der Waals surface area contributed by atoms with Crippen molar-refractivity contribution in [2.45, 2.75) is 31.5 Å². The number of aliphatic hydroxyl groups is 2. The van der Waals surface area contributed by atoms with Gasteiger partial charge < -0.3 is 30.4 Å². The van der Waals surface area contributed by atoms with E-state index >= 15 is 0 Å². The van der Waals surface area contributed by atoms with Gasteiger partial charge in [-0.2, -0.15) is 0 Å². The molecule has 1 saturated heterocycles. The first-order valence-corrected chi connectivity index (χ1v) is 5.12. The molecular formula is C10H13N2O5-. The van der Waals surface area contributed by atoms with Gasteiger partial charge in [0.05, 0.1) is 6.10 Å². The smallest absolute Gasteiger partial charge is 0.249 e. The first-order valence-electron chi connectivity index (χ1n) is 5.12. The SMILES string of the molecule is C[C@H]1O[C@@H](n2ccc(C(N)=O)c2[O-])[C@H](O)[C@@H]1O. The molecule has 1 aromatic rings. The van der Waals surface area contributed by atoms with Gasteiger partial charge in [0.2, 0.25) is 5.91 Å². The van der Waals surface area contributed by atoms with Crippen molar-refractivity contribution in [1.82, 2.24) is 4.57 Å². The van der Waals surface area contributed by atoms with Crippen molar-refractivity contribution in [2.24, 2.45) is 5.73 Å². The van der Waals surface area contributed by atoms with Crippen LogP contribution in [0, 0.1) is 0 Å². The highest BCUT2D eigenvalue weighted by molar-refractivity contribution is 5.95. The number of rotatable bonds is 2. The molecule has 7 heteroatoms. The Kier molecular flexibility index (Phi) is 2.82. The third-order valence-corrected chi connectivity index (χ3v) is 2.88. The van der Waals surface area contributed by atoms with E-state index in [2.05, 4.69) is 0 Å². The van der Waals surface area contributed by atoms with E-state index < -0.39 is 36.3 Å². The minimum Gasteiger partial charge on any atom is -0.859 e. The van der Waals surface area contributed by atoms with E-state index in [0.29, 0.717) is 0 Å². The molecule has 0 bridgehead atoms. The van der Waals surface area contributed by atoms with Gasteiger partial charge in [-0.3, -0.25) is 4.79 Å². The maximum absolute atomic E-state index is 11.7. The third kappa shape index (κ3) is 1.78. The topological polar surface area (TPSA) is 121 Å². The number of ether oxygens (including phenoxy) is 1. The number of primary amides is 1. The minimum absolute atomic E-state index is 0.171. The highest BCUT2D eigenvalue weighted by atomic mass is 16.6. The summed E-state index contributed by atoms with van der Waals surface area (Å²) in [6, 6.07) is 1.26. The van der Waals surface area contributed by atoms with E-state index in [1.165, 1.54) is 12.3 Å². The molecule has 1 aromatic heterocycles. The van der Waals surface area contributed by atoms with Gasteiger partial charge in [0.15, 0.2) is 6.23 Å². The number of aliphatic hydroxyl groups excluding tert-OH is 2. The molecule has 7 nitrogen and oxygen atoms in total. The van der Waals surface area contributed by atoms with Crippen molar-refractivity contribution in [1.29, 1.82) is 0 Å². The maximum atomic E-state index is 11.7. The van der Waals surface area contributed by atoms with Crippen LogP contribution in [-0.2, 0) is 4.74 Å². The summed E-state index contributed by atoms with van der Waals surface area (Å²) in [7, 11) is 0. The number of hydrogen-bond acceptors (Lipinski definition) is 5. The Labute approximate surface area is 97.0 Å². The molecule has 0 saturated carbocycles. The van der Waals surface area contributed by atoms with Crippen LogP contribution >= 0.6 is 0 Å². The van der Waals surface area contributed by atoms with E-state index in [1.54, 1.807) is 6.92 Å². The van der Waals surface area contributed by atoms with Crippen LogP contribution in [0.5, 0.6) is 5.88 Å². The van der Waals surface area contributed by atoms with Gasteiger partial charge in [-0.25, -0.2) is 0 Å². The molecule has 4 N–H and O–H groups in total. The molecule has 1 aliphatic heterocycles. The summed E-state index contributed by atoms with van der Waals surface area (Å²) in [6.45, 7) is 1.58. The first kappa shape index (κ1) is 11.9. The van der Waals surface area contributed by atoms with Crippen molar-refractivity contribution >= 4 is 5.91 Å². The molecule has 0 radical (unpaired) electrons. The number of carbonyl (C=O) groups is 1. The molecule has 94 valence electrons. The molecule has 0 aromatic carbocycles. The Morgan fingerprint density at radius 2 is 2.18 bits per heavy atom. The van der Waals surface area contributed by atoms with Crippen molar-refractivity contribution < 1.29 is 24.9 Å². The van der Waals surface area contributed by atoms with Crippen LogP contribution in [0.4, 0.5) is 0 Å². The van der Waals surface area contributed by atoms with Crippen molar-refractivity contribution in [3.8, 4) is 5.88 Å². The largest absolute Gasteiger partial charge is 0.859 e. The molecule has 4 atom stereocenters. The molecule has 17 heavy (non-hydrogen) atoms. The molecule has 1 aliphatic rings. The molecule has 2 heterocycles. The van der Waals surface area contributed by atoms with Crippen LogP contribution in [0.3, 0.4) is 0 Å². The monoisotopic (exact) mass is 241 g/mol. The summed E-state index contributed by atoms with van der Waals surface area (Å²) >= 11 is 0. The summed E-state index contributed by atoms with van der Waals surface area (Å²) < 4.78 is 6.31. The lowest BCUT2D eigenvalue weighted by Crippen LogP contribution is -2.30. The Morgan fingerprint density at radius 3 is 2.59 bits per heavy atom. The summed E-state index contributed by atoms with van der Waals surface area (Å²) in [5.41, 5.74) is 4.84. The lowest BCUT2D eigenvalue weighted by molar-refractivity contribution is -0.284. The third-order valence-electron chi connectivity index (χ3n) is 2.88. The van der Waals surface area contributed by atoms with Gasteiger partial charge in [0, 0.05) is 11.8 Å². The fraction of sp³-hybridized carbons (Fsp3) is 0.500. The lowest BCUT2D eigenvalue weighted by Gasteiger charge is -2.22. The first-order chi connectivity index (χ1) is 7.93. The number of amides is 1. The zero-order valence-electron chi connectivity index (χ0n) is 9.11. The number of nitrogens with two attached hydrogens (primary N) is 1. The van der Waals surface area contributed by atoms with Gasteiger partial charge in [0.25, 0.3) is 0 Å². The zero-order valence-corrected chi connectivity index (χ0v) is 9.11. The minimum atomic E-state index is -1.22. The quantitative estimate of drug-likeness (QED) is 0.570. The second-order valence-electron chi connectivity index (χ2n) is 4.02. The predicted molar refractivity (Wildman–Crippen MR) is 54.0 cm³/mol. The fourth-order valence-electron chi connectivity index (χ4n) is 1.88. The predicted octanol–water partition coefficient (Wildman–Crippen LogP) is -1.70. The van der Waals surface area contributed by atoms with E-state index in [9.17, 15) is 20.1 Å². The fourth-order valence-corrected chi connectivity index (χ4v) is 1.88. The van der Waals surface area contributed by atoms with E-state index in [1.807, 2.05) is 0 Å². The van der Waals surface area contributed by atoms with Crippen molar-refractivity contribution in [3.05, 3.63) is 17.8 Å². The number of hydrogen-bond donors (Lipinski definition) is 3. The molecule has 2 rings (SSSR count). The highest BCUT2D eigenvalue weighted by Gasteiger charge is 2.41. The van der Waals surface area contributed by atoms with E-state index in [-0.39, 0.29) is 5.56 Å². The van der Waals surface area contributed by atoms with Gasteiger partial charge in [-0.15, -0.1) is 0 Å². The molecule has 0 unspecified atom stereocenters. The number of nitrogens with zero attached hydrogens (tertiary/aromatic N) is 1. The van der Waals surface area contributed by atoms with Crippen LogP contribution in [0.25, 0.3) is 0 Å². The van der Waals surface area contributed by atoms with Crippen LogP contribution in [0.2, 0.25) is 0 Å². The molecular weight excluding hydrogens is 228 g/mol. The Bertz CT molecular complexity index is 444. The summed E-state index contributed by atoms with van der Waals surface area (Å²) in [5, 5.41) is 31.0. The number of aromatic nitrogens is 1. The summed E-state index contributed by atoms with van der Waals surface area (Å²) in [4.78, 5) is 10.9. The van der Waals surface area contributed by atoms with Crippen LogP contribution in [-0.4, -0.2) is 39.0 Å². The second kappa shape index (κ2) is 4.02. The Hall–Kier alpha value is -1.57. The Morgan fingerprint density at radius 1 is 1.53 bits per heavy atom. The second-order valence-corrected chi connectivity index (χ2v) is 4.02. The van der Waals surface area contributed by atoms with Crippen LogP contribution in [0.15, 0.2) is 12.3 Å². The van der Waals surface area contributed by atoms with E-state index in [4.69, 9.17) is 10.5 Å². The lowest BCUT2D eigenvalue weighted by atomic mass is 10.1. The molecule has 1 amide bonds. The standard InChI is InChI=1S/C10H14N2O5/c1-4-6(13)7(14)10(17-4)12-3-2-5(8(11)15)9(12)16/h2-4,6-7,10,13-14,16H,1H3,(H2,11,15)/p-1/t4-,6-,7-,10-/m1/s1. The average Bonchev–Trinajstić information content (AvgIpc) is 2.75. The van der Waals surface area contributed by atoms with Crippen LogP contribution in [0.1, 0.15) is 23.5 Å². The Balaban J connectivity index is 2.33. The molecule has 0 aliphatic carbocycles. The summed E-state index contributed by atoms with van der Waals surface area (Å²) in [6.07, 6.45) is -2.57. The number of carbonyl (C=O) groups excluding carboxylic acids is 1.